The maximum atomic E-state index is 12.6. The van der Waals surface area contributed by atoms with Crippen LogP contribution in [0.1, 0.15) is 39.1 Å². The molecule has 2 aromatic carbocycles. The highest BCUT2D eigenvalue weighted by Crippen LogP contribution is 2.33. The van der Waals surface area contributed by atoms with Crippen molar-refractivity contribution in [3.8, 4) is 0 Å². The standard InChI is InChI=1S/C21H22N2O4/c1-23(20(25)15-9-10-15)18-8-3-2-7-17(18)19(24)22-12-11-14-5-4-6-16(13-14)21(26)27/h2-8,13,15H,9-12H2,1H3,(H,22,24)(H,26,27). The molecule has 0 spiro atoms. The third-order valence-corrected chi connectivity index (χ3v) is 4.64. The van der Waals surface area contributed by atoms with E-state index in [1.54, 1.807) is 48.3 Å². The van der Waals surface area contributed by atoms with Gasteiger partial charge in [0.05, 0.1) is 16.8 Å². The molecule has 0 bridgehead atoms. The summed E-state index contributed by atoms with van der Waals surface area (Å²) >= 11 is 0. The molecular formula is C21H22N2O4. The summed E-state index contributed by atoms with van der Waals surface area (Å²) in [6, 6.07) is 13.7. The lowest BCUT2D eigenvalue weighted by Crippen LogP contribution is -2.32. The third-order valence-electron chi connectivity index (χ3n) is 4.64. The number of rotatable bonds is 7. The van der Waals surface area contributed by atoms with Crippen molar-refractivity contribution < 1.29 is 19.5 Å². The molecule has 2 aromatic rings. The number of benzene rings is 2. The molecular weight excluding hydrogens is 344 g/mol. The molecule has 0 radical (unpaired) electrons. The second kappa shape index (κ2) is 8.03. The van der Waals surface area contributed by atoms with E-state index in [2.05, 4.69) is 5.32 Å². The Kier molecular flexibility index (Phi) is 5.54. The minimum absolute atomic E-state index is 0.0423. The smallest absolute Gasteiger partial charge is 0.335 e. The zero-order chi connectivity index (χ0) is 19.4. The number of hydrogen-bond acceptors (Lipinski definition) is 3. The summed E-state index contributed by atoms with van der Waals surface area (Å²) < 4.78 is 0. The molecule has 0 heterocycles. The Morgan fingerprint density at radius 1 is 1.11 bits per heavy atom. The monoisotopic (exact) mass is 366 g/mol. The van der Waals surface area contributed by atoms with Crippen molar-refractivity contribution in [2.75, 3.05) is 18.5 Å². The van der Waals surface area contributed by atoms with Gasteiger partial charge in [-0.2, -0.15) is 0 Å². The minimum Gasteiger partial charge on any atom is -0.478 e. The van der Waals surface area contributed by atoms with Crippen LogP contribution in [0.3, 0.4) is 0 Å². The molecule has 140 valence electrons. The van der Waals surface area contributed by atoms with Gasteiger partial charge in [-0.25, -0.2) is 4.79 Å². The van der Waals surface area contributed by atoms with E-state index in [1.807, 2.05) is 6.07 Å². The Labute approximate surface area is 157 Å². The summed E-state index contributed by atoms with van der Waals surface area (Å²) in [6.07, 6.45) is 2.34. The van der Waals surface area contributed by atoms with Crippen LogP contribution in [0.5, 0.6) is 0 Å². The summed E-state index contributed by atoms with van der Waals surface area (Å²) in [5, 5.41) is 11.9. The van der Waals surface area contributed by atoms with Crippen LogP contribution in [0.2, 0.25) is 0 Å². The number of anilines is 1. The van der Waals surface area contributed by atoms with Crippen molar-refractivity contribution in [2.45, 2.75) is 19.3 Å². The summed E-state index contributed by atoms with van der Waals surface area (Å²) in [5.74, 6) is -1.11. The Bertz CT molecular complexity index is 874. The lowest BCUT2D eigenvalue weighted by atomic mass is 10.1. The number of carboxylic acids is 1. The van der Waals surface area contributed by atoms with Gasteiger partial charge in [-0.3, -0.25) is 9.59 Å². The predicted octanol–water partition coefficient (Wildman–Crippen LogP) is 2.73. The van der Waals surface area contributed by atoms with Crippen molar-refractivity contribution >= 4 is 23.5 Å². The van der Waals surface area contributed by atoms with E-state index in [1.165, 1.54) is 6.07 Å². The third kappa shape index (κ3) is 4.53. The largest absolute Gasteiger partial charge is 0.478 e. The van der Waals surface area contributed by atoms with Gasteiger partial charge in [-0.15, -0.1) is 0 Å². The van der Waals surface area contributed by atoms with Gasteiger partial charge in [0.25, 0.3) is 5.91 Å². The average Bonchev–Trinajstić information content (AvgIpc) is 3.52. The zero-order valence-electron chi connectivity index (χ0n) is 15.1. The summed E-state index contributed by atoms with van der Waals surface area (Å²) in [7, 11) is 1.70. The van der Waals surface area contributed by atoms with Crippen molar-refractivity contribution in [3.63, 3.8) is 0 Å². The lowest BCUT2D eigenvalue weighted by Gasteiger charge is -2.20. The van der Waals surface area contributed by atoms with E-state index < -0.39 is 5.97 Å². The fourth-order valence-corrected chi connectivity index (χ4v) is 2.96. The van der Waals surface area contributed by atoms with E-state index in [-0.39, 0.29) is 23.3 Å². The Balaban J connectivity index is 1.64. The van der Waals surface area contributed by atoms with Crippen LogP contribution in [0, 0.1) is 5.92 Å². The highest BCUT2D eigenvalue weighted by atomic mass is 16.4. The number of carbonyl (C=O) groups is 3. The molecule has 0 unspecified atom stereocenters. The van der Waals surface area contributed by atoms with Gasteiger partial charge < -0.3 is 15.3 Å². The number of carboxylic acid groups (broad SMARTS) is 1. The Hall–Kier alpha value is -3.15. The molecule has 0 atom stereocenters. The highest BCUT2D eigenvalue weighted by Gasteiger charge is 2.33. The molecule has 6 heteroatoms. The first-order valence-corrected chi connectivity index (χ1v) is 8.94. The van der Waals surface area contributed by atoms with Gasteiger partial charge in [0.1, 0.15) is 0 Å². The molecule has 1 fully saturated rings. The number of para-hydroxylation sites is 1. The van der Waals surface area contributed by atoms with Gasteiger partial charge in [-0.05, 0) is 49.1 Å². The van der Waals surface area contributed by atoms with Gasteiger partial charge in [0.2, 0.25) is 5.91 Å². The second-order valence-electron chi connectivity index (χ2n) is 6.70. The van der Waals surface area contributed by atoms with E-state index in [9.17, 15) is 14.4 Å². The van der Waals surface area contributed by atoms with Crippen LogP contribution in [0.25, 0.3) is 0 Å². The molecule has 2 amide bonds. The first kappa shape index (κ1) is 18.6. The Morgan fingerprint density at radius 3 is 2.56 bits per heavy atom. The summed E-state index contributed by atoms with van der Waals surface area (Å²) in [6.45, 7) is 0.372. The van der Waals surface area contributed by atoms with Crippen LogP contribution >= 0.6 is 0 Å². The minimum atomic E-state index is -0.974. The average molecular weight is 366 g/mol. The fraction of sp³-hybridized carbons (Fsp3) is 0.286. The zero-order valence-corrected chi connectivity index (χ0v) is 15.1. The van der Waals surface area contributed by atoms with E-state index in [4.69, 9.17) is 5.11 Å². The van der Waals surface area contributed by atoms with Gasteiger partial charge in [-0.1, -0.05) is 24.3 Å². The van der Waals surface area contributed by atoms with Crippen LogP contribution < -0.4 is 10.2 Å². The number of amides is 2. The molecule has 6 nitrogen and oxygen atoms in total. The Morgan fingerprint density at radius 2 is 1.85 bits per heavy atom. The molecule has 2 N–H and O–H groups in total. The lowest BCUT2D eigenvalue weighted by molar-refractivity contribution is -0.119. The van der Waals surface area contributed by atoms with E-state index in [0.29, 0.717) is 24.2 Å². The van der Waals surface area contributed by atoms with Crippen molar-refractivity contribution in [1.29, 1.82) is 0 Å². The molecule has 3 rings (SSSR count). The van der Waals surface area contributed by atoms with Gasteiger partial charge in [0.15, 0.2) is 0 Å². The molecule has 27 heavy (non-hydrogen) atoms. The molecule has 1 aliphatic rings. The molecule has 0 saturated heterocycles. The number of nitrogens with one attached hydrogen (secondary N) is 1. The quantitative estimate of drug-likeness (QED) is 0.789. The van der Waals surface area contributed by atoms with Crippen molar-refractivity contribution in [2.24, 2.45) is 5.92 Å². The maximum Gasteiger partial charge on any atom is 0.335 e. The number of nitrogens with zero attached hydrogens (tertiary/aromatic N) is 1. The highest BCUT2D eigenvalue weighted by molar-refractivity contribution is 6.05. The first-order valence-electron chi connectivity index (χ1n) is 8.94. The molecule has 0 aliphatic heterocycles. The fourth-order valence-electron chi connectivity index (χ4n) is 2.96. The predicted molar refractivity (Wildman–Crippen MR) is 102 cm³/mol. The molecule has 0 aromatic heterocycles. The normalized spacial score (nSPS) is 13.1. The summed E-state index contributed by atoms with van der Waals surface area (Å²) in [4.78, 5) is 37.5. The van der Waals surface area contributed by atoms with Crippen LogP contribution in [-0.4, -0.2) is 36.5 Å². The molecule has 1 saturated carbocycles. The SMILES string of the molecule is CN(C(=O)C1CC1)c1ccccc1C(=O)NCCc1cccc(C(=O)O)c1. The number of aromatic carboxylic acids is 1. The summed E-state index contributed by atoms with van der Waals surface area (Å²) in [5.41, 5.74) is 2.11. The van der Waals surface area contributed by atoms with Gasteiger partial charge >= 0.3 is 5.97 Å². The van der Waals surface area contributed by atoms with Crippen LogP contribution in [-0.2, 0) is 11.2 Å². The van der Waals surface area contributed by atoms with Crippen LogP contribution in [0.15, 0.2) is 48.5 Å². The van der Waals surface area contributed by atoms with Gasteiger partial charge in [0, 0.05) is 19.5 Å². The van der Waals surface area contributed by atoms with Crippen molar-refractivity contribution in [1.82, 2.24) is 5.32 Å². The van der Waals surface area contributed by atoms with E-state index in [0.717, 1.165) is 18.4 Å². The molecule has 1 aliphatic carbocycles. The first-order chi connectivity index (χ1) is 13.0. The topological polar surface area (TPSA) is 86.7 Å². The second-order valence-corrected chi connectivity index (χ2v) is 6.70. The van der Waals surface area contributed by atoms with Crippen LogP contribution in [0.4, 0.5) is 5.69 Å². The number of carbonyl (C=O) groups excluding carboxylic acids is 2. The van der Waals surface area contributed by atoms with E-state index >= 15 is 0 Å². The number of hydrogen-bond donors (Lipinski definition) is 2. The van der Waals surface area contributed by atoms with Crippen molar-refractivity contribution in [3.05, 3.63) is 65.2 Å². The maximum absolute atomic E-state index is 12.6.